The fourth-order valence-corrected chi connectivity index (χ4v) is 5.89. The highest BCUT2D eigenvalue weighted by Gasteiger charge is 2.28. The van der Waals surface area contributed by atoms with E-state index >= 15 is 4.39 Å². The van der Waals surface area contributed by atoms with Crippen molar-refractivity contribution < 1.29 is 19.1 Å². The number of carboxylic acids is 1. The number of hydrogen-bond donors (Lipinski definition) is 1. The number of piperazine rings is 1. The fourth-order valence-electron chi connectivity index (χ4n) is 5.89. The lowest BCUT2D eigenvalue weighted by Gasteiger charge is -2.36. The summed E-state index contributed by atoms with van der Waals surface area (Å²) >= 11 is 0. The molecule has 10 nitrogen and oxygen atoms in total. The van der Waals surface area contributed by atoms with Crippen molar-refractivity contribution >= 4 is 34.4 Å². The minimum atomic E-state index is -1.31. The number of aromatic carboxylic acids is 1. The van der Waals surface area contributed by atoms with E-state index in [9.17, 15) is 19.5 Å². The predicted octanol–water partition coefficient (Wildman–Crippen LogP) is 4.97. The Morgan fingerprint density at radius 2 is 1.70 bits per heavy atom. The van der Waals surface area contributed by atoms with E-state index in [1.807, 2.05) is 58.1 Å². The summed E-state index contributed by atoms with van der Waals surface area (Å²) in [5, 5.41) is 18.2. The number of nitrogens with zero attached hydrogens (tertiary/aromatic N) is 6. The van der Waals surface area contributed by atoms with Gasteiger partial charge < -0.3 is 14.6 Å². The van der Waals surface area contributed by atoms with Crippen LogP contribution in [0.2, 0.25) is 0 Å². The lowest BCUT2D eigenvalue weighted by molar-refractivity contribution is 0.0694. The quantitative estimate of drug-likeness (QED) is 0.182. The van der Waals surface area contributed by atoms with Crippen LogP contribution in [0.25, 0.3) is 22.7 Å². The Bertz CT molecular complexity index is 2020. The van der Waals surface area contributed by atoms with Crippen molar-refractivity contribution in [1.82, 2.24) is 24.5 Å². The number of fused-ring (bicyclic) bond motifs is 1. The van der Waals surface area contributed by atoms with Gasteiger partial charge in [-0.3, -0.25) is 14.5 Å². The Labute approximate surface area is 263 Å². The second-order valence-electron chi connectivity index (χ2n) is 11.7. The van der Waals surface area contributed by atoms with Crippen LogP contribution in [-0.2, 0) is 6.54 Å². The number of benzene rings is 3. The number of halogens is 1. The van der Waals surface area contributed by atoms with E-state index in [1.165, 1.54) is 12.3 Å². The Hall–Kier alpha value is -5.42. The average molecular weight is 619 g/mol. The zero-order valence-electron chi connectivity index (χ0n) is 24.9. The summed E-state index contributed by atoms with van der Waals surface area (Å²) in [7, 11) is 0. The van der Waals surface area contributed by atoms with Crippen LogP contribution in [0.1, 0.15) is 50.9 Å². The number of carboxylic acid groups (broad SMARTS) is 1. The van der Waals surface area contributed by atoms with Crippen LogP contribution in [0.15, 0.2) is 90.0 Å². The van der Waals surface area contributed by atoms with Gasteiger partial charge in [-0.05, 0) is 60.9 Å². The zero-order valence-corrected chi connectivity index (χ0v) is 24.9. The van der Waals surface area contributed by atoms with Gasteiger partial charge in [0.1, 0.15) is 11.4 Å². The molecule has 2 aliphatic rings. The monoisotopic (exact) mass is 618 g/mol. The third kappa shape index (κ3) is 5.96. The maximum Gasteiger partial charge on any atom is 0.341 e. The molecule has 0 atom stereocenters. The highest BCUT2D eigenvalue weighted by Crippen LogP contribution is 2.38. The Morgan fingerprint density at radius 1 is 0.957 bits per heavy atom. The molecular weight excluding hydrogens is 587 g/mol. The number of aromatic nitrogens is 4. The summed E-state index contributed by atoms with van der Waals surface area (Å²) in [5.41, 5.74) is 3.10. The van der Waals surface area contributed by atoms with Gasteiger partial charge in [-0.15, -0.1) is 5.10 Å². The van der Waals surface area contributed by atoms with Crippen LogP contribution >= 0.6 is 0 Å². The molecule has 0 amide bonds. The van der Waals surface area contributed by atoms with E-state index in [2.05, 4.69) is 15.2 Å². The second kappa shape index (κ2) is 12.2. The number of hydrogen-bond acceptors (Lipinski definition) is 7. The highest BCUT2D eigenvalue weighted by molar-refractivity contribution is 6.06. The molecule has 1 saturated heterocycles. The van der Waals surface area contributed by atoms with Crippen molar-refractivity contribution in [3.05, 3.63) is 124 Å². The topological polar surface area (TPSA) is 114 Å². The van der Waals surface area contributed by atoms with Gasteiger partial charge >= 0.3 is 5.97 Å². The predicted molar refractivity (Wildman–Crippen MR) is 172 cm³/mol. The van der Waals surface area contributed by atoms with E-state index in [0.29, 0.717) is 49.5 Å². The number of anilines is 1. The molecule has 1 aliphatic heterocycles. The average Bonchev–Trinajstić information content (AvgIpc) is 3.82. The minimum absolute atomic E-state index is 0.0815. The smallest absolute Gasteiger partial charge is 0.341 e. The largest absolute Gasteiger partial charge is 0.477 e. The van der Waals surface area contributed by atoms with Crippen molar-refractivity contribution in [3.63, 3.8) is 0 Å². The molecule has 0 bridgehead atoms. The van der Waals surface area contributed by atoms with E-state index < -0.39 is 17.2 Å². The first-order valence-electron chi connectivity index (χ1n) is 15.2. The van der Waals surface area contributed by atoms with Gasteiger partial charge in [0.05, 0.1) is 28.8 Å². The minimum Gasteiger partial charge on any atom is -0.477 e. The molecule has 2 fully saturated rings. The van der Waals surface area contributed by atoms with Crippen LogP contribution < -0.4 is 10.3 Å². The van der Waals surface area contributed by atoms with Gasteiger partial charge in [0.2, 0.25) is 5.43 Å². The van der Waals surface area contributed by atoms with Crippen LogP contribution in [0.3, 0.4) is 0 Å². The van der Waals surface area contributed by atoms with Crippen LogP contribution in [0.4, 0.5) is 10.1 Å². The SMILES string of the molecule is O=C(/C=C/c1ccccc1)c1ccc(-n2cc(CN3CCN(c4cc5c(cc4F)c(=O)c(C(=O)O)cn5C4CC4)CC3)nn2)cc1. The van der Waals surface area contributed by atoms with Crippen molar-refractivity contribution in [3.8, 4) is 5.69 Å². The van der Waals surface area contributed by atoms with E-state index in [0.717, 1.165) is 29.8 Å². The second-order valence-corrected chi connectivity index (χ2v) is 11.7. The lowest BCUT2D eigenvalue weighted by Crippen LogP contribution is -2.46. The molecule has 46 heavy (non-hydrogen) atoms. The summed E-state index contributed by atoms with van der Waals surface area (Å²) in [6.45, 7) is 3.07. The number of ketones is 1. The molecule has 3 aromatic carbocycles. The molecule has 2 aromatic heterocycles. The number of allylic oxidation sites excluding steroid dienone is 1. The summed E-state index contributed by atoms with van der Waals surface area (Å²) in [4.78, 5) is 41.2. The van der Waals surface area contributed by atoms with Gasteiger partial charge in [0.25, 0.3) is 0 Å². The van der Waals surface area contributed by atoms with Crippen LogP contribution in [0.5, 0.6) is 0 Å². The third-order valence-electron chi connectivity index (χ3n) is 8.55. The molecule has 1 N–H and O–H groups in total. The normalized spacial score (nSPS) is 15.5. The Morgan fingerprint density at radius 3 is 2.39 bits per heavy atom. The maximum atomic E-state index is 15.4. The first kappa shape index (κ1) is 29.3. The third-order valence-corrected chi connectivity index (χ3v) is 8.55. The summed E-state index contributed by atoms with van der Waals surface area (Å²) < 4.78 is 18.9. The first-order valence-corrected chi connectivity index (χ1v) is 15.2. The summed E-state index contributed by atoms with van der Waals surface area (Å²) in [6, 6.07) is 19.9. The van der Waals surface area contributed by atoms with Gasteiger partial charge in [-0.25, -0.2) is 13.9 Å². The van der Waals surface area contributed by atoms with Crippen molar-refractivity contribution in [2.75, 3.05) is 31.1 Å². The van der Waals surface area contributed by atoms with Gasteiger partial charge in [0, 0.05) is 55.9 Å². The molecule has 7 rings (SSSR count). The standard InChI is InChI=1S/C35H31FN6O4/c36-30-18-28-31(41(26-11-12-26)22-29(34(28)44)35(45)46)19-32(30)40-16-14-39(15-17-40)20-25-21-42(38-37-25)27-9-7-24(8-10-27)33(43)13-6-23-4-2-1-3-5-23/h1-10,13,18-19,21-22,26H,11-12,14-17,20H2,(H,45,46)/b13-6+. The van der Waals surface area contributed by atoms with Crippen molar-refractivity contribution in [2.45, 2.75) is 25.4 Å². The van der Waals surface area contributed by atoms with Gasteiger partial charge in [0.15, 0.2) is 5.78 Å². The maximum absolute atomic E-state index is 15.4. The first-order chi connectivity index (χ1) is 22.3. The summed E-state index contributed by atoms with van der Waals surface area (Å²) in [5.74, 6) is -1.92. The van der Waals surface area contributed by atoms with Gasteiger partial charge in [-0.1, -0.05) is 41.6 Å². The Kier molecular flexibility index (Phi) is 7.75. The van der Waals surface area contributed by atoms with Gasteiger partial charge in [-0.2, -0.15) is 0 Å². The molecule has 0 unspecified atom stereocenters. The Balaban J connectivity index is 0.994. The molecule has 3 heterocycles. The van der Waals surface area contributed by atoms with E-state index in [-0.39, 0.29) is 22.8 Å². The molecule has 11 heteroatoms. The van der Waals surface area contributed by atoms with Crippen LogP contribution in [0, 0.1) is 5.82 Å². The number of carbonyl (C=O) groups is 2. The molecular formula is C35H31FN6O4. The zero-order chi connectivity index (χ0) is 31.8. The molecule has 5 aromatic rings. The number of rotatable bonds is 9. The van der Waals surface area contributed by atoms with E-state index in [4.69, 9.17) is 0 Å². The number of carbonyl (C=O) groups excluding carboxylic acids is 1. The molecule has 0 radical (unpaired) electrons. The fraction of sp³-hybridized carbons (Fsp3) is 0.229. The van der Waals surface area contributed by atoms with Crippen LogP contribution in [-0.4, -0.2) is 67.5 Å². The van der Waals surface area contributed by atoms with Crippen molar-refractivity contribution in [1.29, 1.82) is 0 Å². The van der Waals surface area contributed by atoms with Crippen molar-refractivity contribution in [2.24, 2.45) is 0 Å². The molecule has 1 saturated carbocycles. The molecule has 232 valence electrons. The molecule has 1 aliphatic carbocycles. The summed E-state index contributed by atoms with van der Waals surface area (Å²) in [6.07, 6.45) is 8.41. The highest BCUT2D eigenvalue weighted by atomic mass is 19.1. The lowest BCUT2D eigenvalue weighted by atomic mass is 10.1. The van der Waals surface area contributed by atoms with E-state index in [1.54, 1.807) is 35.0 Å². The molecule has 0 spiro atoms. The number of pyridine rings is 1.